The highest BCUT2D eigenvalue weighted by Gasteiger charge is 2.37. The normalized spacial score (nSPS) is 26.5. The van der Waals surface area contributed by atoms with Crippen molar-refractivity contribution >= 4 is 21.8 Å². The molecule has 15 heavy (non-hydrogen) atoms. The van der Waals surface area contributed by atoms with Gasteiger partial charge in [0.15, 0.2) is 0 Å². The minimum Gasteiger partial charge on any atom is -0.396 e. The van der Waals surface area contributed by atoms with E-state index in [1.54, 1.807) is 0 Å². The van der Waals surface area contributed by atoms with Crippen LogP contribution < -0.4 is 0 Å². The van der Waals surface area contributed by atoms with Crippen LogP contribution in [0, 0.1) is 0 Å². The lowest BCUT2D eigenvalue weighted by atomic mass is 9.90. The number of hydrogen-bond acceptors (Lipinski definition) is 2. The third-order valence-electron chi connectivity index (χ3n) is 3.44. The van der Waals surface area contributed by atoms with E-state index >= 15 is 0 Å². The molecular formula is C11H20BrNO2. The number of aliphatic hydroxyl groups excluding tert-OH is 1. The number of amides is 1. The molecule has 1 aliphatic rings. The van der Waals surface area contributed by atoms with Gasteiger partial charge in [-0.2, -0.15) is 0 Å². The molecule has 0 radical (unpaired) electrons. The molecule has 4 heteroatoms. The Morgan fingerprint density at radius 1 is 1.67 bits per heavy atom. The van der Waals surface area contributed by atoms with E-state index in [4.69, 9.17) is 5.11 Å². The van der Waals surface area contributed by atoms with E-state index < -0.39 is 0 Å². The first-order valence-electron chi connectivity index (χ1n) is 5.61. The number of halogens is 1. The van der Waals surface area contributed by atoms with Gasteiger partial charge in [0, 0.05) is 18.7 Å². The molecule has 0 saturated carbocycles. The zero-order valence-corrected chi connectivity index (χ0v) is 11.1. The lowest BCUT2D eigenvalue weighted by molar-refractivity contribution is -0.139. The summed E-state index contributed by atoms with van der Waals surface area (Å²) < 4.78 is 0. The molecule has 1 saturated heterocycles. The summed E-state index contributed by atoms with van der Waals surface area (Å²) in [5.74, 6) is 0.180. The Morgan fingerprint density at radius 2 is 2.33 bits per heavy atom. The maximum atomic E-state index is 12.0. The van der Waals surface area contributed by atoms with Crippen molar-refractivity contribution in [3.63, 3.8) is 0 Å². The molecular weight excluding hydrogens is 258 g/mol. The van der Waals surface area contributed by atoms with Gasteiger partial charge in [0.25, 0.3) is 0 Å². The minimum atomic E-state index is -0.182. The van der Waals surface area contributed by atoms with Crippen molar-refractivity contribution in [2.75, 3.05) is 13.2 Å². The fourth-order valence-electron chi connectivity index (χ4n) is 2.11. The smallest absolute Gasteiger partial charge is 0.236 e. The molecule has 1 aliphatic heterocycles. The van der Waals surface area contributed by atoms with Crippen molar-refractivity contribution in [2.45, 2.75) is 49.9 Å². The Balaban J connectivity index is 2.78. The molecule has 1 rings (SSSR count). The van der Waals surface area contributed by atoms with Crippen molar-refractivity contribution < 1.29 is 9.90 Å². The van der Waals surface area contributed by atoms with Gasteiger partial charge >= 0.3 is 0 Å². The van der Waals surface area contributed by atoms with Crippen LogP contribution in [0.15, 0.2) is 0 Å². The molecule has 0 aromatic carbocycles. The van der Waals surface area contributed by atoms with Crippen LogP contribution >= 0.6 is 15.9 Å². The van der Waals surface area contributed by atoms with Crippen molar-refractivity contribution in [3.8, 4) is 0 Å². The van der Waals surface area contributed by atoms with Gasteiger partial charge in [0.05, 0.1) is 4.83 Å². The minimum absolute atomic E-state index is 0.0317. The van der Waals surface area contributed by atoms with Gasteiger partial charge in [0.2, 0.25) is 5.91 Å². The van der Waals surface area contributed by atoms with Gasteiger partial charge in [-0.05, 0) is 32.6 Å². The predicted molar refractivity (Wildman–Crippen MR) is 64.1 cm³/mol. The molecule has 0 spiro atoms. The molecule has 1 amide bonds. The molecule has 1 N–H and O–H groups in total. The monoisotopic (exact) mass is 277 g/mol. The Morgan fingerprint density at radius 3 is 2.87 bits per heavy atom. The first kappa shape index (κ1) is 13.0. The number of piperidine rings is 1. The first-order valence-corrected chi connectivity index (χ1v) is 6.53. The van der Waals surface area contributed by atoms with Crippen molar-refractivity contribution in [2.24, 2.45) is 0 Å². The van der Waals surface area contributed by atoms with Crippen molar-refractivity contribution in [1.29, 1.82) is 0 Å². The van der Waals surface area contributed by atoms with E-state index in [-0.39, 0.29) is 22.9 Å². The second-order valence-electron chi connectivity index (χ2n) is 4.42. The quantitative estimate of drug-likeness (QED) is 0.798. The second-order valence-corrected chi connectivity index (χ2v) is 5.53. The summed E-state index contributed by atoms with van der Waals surface area (Å²) in [4.78, 5) is 13.9. The standard InChI is InChI=1S/C11H20BrNO2/c1-3-11(2,6-8-14)13-7-4-5-9(12)10(13)15/h9,14H,3-8H2,1-2H3. The molecule has 0 aliphatic carbocycles. The number of carbonyl (C=O) groups is 1. The van der Waals surface area contributed by atoms with Crippen LogP contribution in [0.3, 0.4) is 0 Å². The molecule has 2 unspecified atom stereocenters. The van der Waals surface area contributed by atoms with Crippen LogP contribution in [-0.2, 0) is 4.79 Å². The maximum absolute atomic E-state index is 12.0. The number of nitrogens with zero attached hydrogens (tertiary/aromatic N) is 1. The zero-order chi connectivity index (χ0) is 11.5. The van der Waals surface area contributed by atoms with E-state index in [1.807, 2.05) is 4.90 Å². The molecule has 0 aromatic rings. The number of aliphatic hydroxyl groups is 1. The third-order valence-corrected chi connectivity index (χ3v) is 4.29. The maximum Gasteiger partial charge on any atom is 0.236 e. The number of rotatable bonds is 4. The Hall–Kier alpha value is -0.0900. The van der Waals surface area contributed by atoms with E-state index in [2.05, 4.69) is 29.8 Å². The summed E-state index contributed by atoms with van der Waals surface area (Å²) in [6.07, 6.45) is 3.52. The predicted octanol–water partition coefficient (Wildman–Crippen LogP) is 1.92. The first-order chi connectivity index (χ1) is 7.05. The second kappa shape index (κ2) is 5.30. The highest BCUT2D eigenvalue weighted by Crippen LogP contribution is 2.30. The van der Waals surface area contributed by atoms with Gasteiger partial charge < -0.3 is 10.0 Å². The Labute approximate surface area is 100.0 Å². The molecule has 1 fully saturated rings. The van der Waals surface area contributed by atoms with E-state index in [1.165, 1.54) is 0 Å². The molecule has 0 bridgehead atoms. The lowest BCUT2D eigenvalue weighted by Crippen LogP contribution is -2.55. The van der Waals surface area contributed by atoms with Crippen LogP contribution in [0.5, 0.6) is 0 Å². The van der Waals surface area contributed by atoms with E-state index in [0.717, 1.165) is 25.8 Å². The Bertz CT molecular complexity index is 235. The molecule has 3 nitrogen and oxygen atoms in total. The molecule has 88 valence electrons. The average molecular weight is 278 g/mol. The fraction of sp³-hybridized carbons (Fsp3) is 0.909. The van der Waals surface area contributed by atoms with Crippen LogP contribution in [0.1, 0.15) is 39.5 Å². The van der Waals surface area contributed by atoms with Crippen LogP contribution in [0.4, 0.5) is 0 Å². The topological polar surface area (TPSA) is 40.5 Å². The van der Waals surface area contributed by atoms with Gasteiger partial charge in [-0.1, -0.05) is 22.9 Å². The van der Waals surface area contributed by atoms with E-state index in [0.29, 0.717) is 6.42 Å². The summed E-state index contributed by atoms with van der Waals surface area (Å²) in [6, 6.07) is 0. The summed E-state index contributed by atoms with van der Waals surface area (Å²) in [7, 11) is 0. The largest absolute Gasteiger partial charge is 0.396 e. The van der Waals surface area contributed by atoms with Gasteiger partial charge in [-0.25, -0.2) is 0 Å². The van der Waals surface area contributed by atoms with Gasteiger partial charge in [-0.15, -0.1) is 0 Å². The third kappa shape index (κ3) is 2.72. The van der Waals surface area contributed by atoms with Gasteiger partial charge in [-0.3, -0.25) is 4.79 Å². The number of alkyl halides is 1. The SMILES string of the molecule is CCC(C)(CCO)N1CCCC(Br)C1=O. The summed E-state index contributed by atoms with van der Waals surface area (Å²) in [5.41, 5.74) is -0.182. The number of likely N-dealkylation sites (tertiary alicyclic amines) is 1. The average Bonchev–Trinajstić information content (AvgIpc) is 2.22. The zero-order valence-electron chi connectivity index (χ0n) is 9.50. The Kier molecular flexibility index (Phi) is 4.59. The van der Waals surface area contributed by atoms with Crippen LogP contribution in [-0.4, -0.2) is 39.4 Å². The highest BCUT2D eigenvalue weighted by atomic mass is 79.9. The number of carbonyl (C=O) groups excluding carboxylic acids is 1. The van der Waals surface area contributed by atoms with Crippen molar-refractivity contribution in [3.05, 3.63) is 0 Å². The highest BCUT2D eigenvalue weighted by molar-refractivity contribution is 9.10. The lowest BCUT2D eigenvalue weighted by Gasteiger charge is -2.44. The van der Waals surface area contributed by atoms with E-state index in [9.17, 15) is 4.79 Å². The van der Waals surface area contributed by atoms with Crippen LogP contribution in [0.25, 0.3) is 0 Å². The summed E-state index contributed by atoms with van der Waals surface area (Å²) in [5, 5.41) is 9.07. The number of hydrogen-bond donors (Lipinski definition) is 1. The van der Waals surface area contributed by atoms with Gasteiger partial charge in [0.1, 0.15) is 0 Å². The van der Waals surface area contributed by atoms with Crippen molar-refractivity contribution in [1.82, 2.24) is 4.90 Å². The molecule has 2 atom stereocenters. The summed E-state index contributed by atoms with van der Waals surface area (Å²) in [6.45, 7) is 5.10. The summed E-state index contributed by atoms with van der Waals surface area (Å²) >= 11 is 3.41. The molecule has 0 aromatic heterocycles. The van der Waals surface area contributed by atoms with Crippen LogP contribution in [0.2, 0.25) is 0 Å². The fourth-order valence-corrected chi connectivity index (χ4v) is 2.68. The molecule has 1 heterocycles.